The van der Waals surface area contributed by atoms with Crippen molar-refractivity contribution in [2.24, 2.45) is 0 Å². The lowest BCUT2D eigenvalue weighted by Gasteiger charge is -2.43. The first kappa shape index (κ1) is 30.3. The number of carbonyl (C=O) groups is 3. The van der Waals surface area contributed by atoms with E-state index in [0.717, 1.165) is 22.5 Å². The Bertz CT molecular complexity index is 1380. The van der Waals surface area contributed by atoms with Crippen molar-refractivity contribution in [3.05, 3.63) is 94.5 Å². The number of hydrogen-bond acceptors (Lipinski definition) is 5. The molecule has 3 aromatic rings. The molecule has 1 heterocycles. The van der Waals surface area contributed by atoms with Gasteiger partial charge in [-0.3, -0.25) is 14.4 Å². The third-order valence-electron chi connectivity index (χ3n) is 6.99. The summed E-state index contributed by atoms with van der Waals surface area (Å²) in [4.78, 5) is 42.2. The minimum absolute atomic E-state index is 0.0746. The van der Waals surface area contributed by atoms with Crippen molar-refractivity contribution in [3.63, 3.8) is 0 Å². The molecule has 8 heteroatoms. The van der Waals surface area contributed by atoms with Crippen molar-refractivity contribution >= 4 is 40.8 Å². The number of rotatable bonds is 8. The van der Waals surface area contributed by atoms with E-state index in [0.29, 0.717) is 36.5 Å². The SMILES string of the molecule is CC(=O)N(c1ccc(Cl)cc1)[C@@H]1C[C@H](C)N(C(=O)c2ccc(CNCCC(=O)OC(C)(C)C)cc2)c2ccccc21. The summed E-state index contributed by atoms with van der Waals surface area (Å²) in [5.74, 6) is -0.396. The Labute approximate surface area is 247 Å². The molecule has 4 rings (SSSR count). The number of para-hydroxylation sites is 1. The van der Waals surface area contributed by atoms with Gasteiger partial charge < -0.3 is 19.9 Å². The number of hydrogen-bond donors (Lipinski definition) is 1. The smallest absolute Gasteiger partial charge is 0.307 e. The Balaban J connectivity index is 1.48. The highest BCUT2D eigenvalue weighted by Crippen LogP contribution is 2.42. The molecule has 7 nitrogen and oxygen atoms in total. The van der Waals surface area contributed by atoms with E-state index in [4.69, 9.17) is 16.3 Å². The summed E-state index contributed by atoms with van der Waals surface area (Å²) in [6.07, 6.45) is 0.880. The molecule has 3 aromatic carbocycles. The fourth-order valence-corrected chi connectivity index (χ4v) is 5.36. The minimum atomic E-state index is -0.490. The van der Waals surface area contributed by atoms with E-state index in [-0.39, 0.29) is 29.9 Å². The number of ether oxygens (including phenoxy) is 1. The normalized spacial score (nSPS) is 16.6. The molecule has 0 aliphatic carbocycles. The zero-order valence-electron chi connectivity index (χ0n) is 24.3. The Morgan fingerprint density at radius 2 is 1.66 bits per heavy atom. The first-order chi connectivity index (χ1) is 19.4. The van der Waals surface area contributed by atoms with E-state index in [9.17, 15) is 14.4 Å². The largest absolute Gasteiger partial charge is 0.460 e. The van der Waals surface area contributed by atoms with Crippen LogP contribution in [0.1, 0.15) is 75.0 Å². The van der Waals surface area contributed by atoms with Gasteiger partial charge in [0, 0.05) is 48.0 Å². The number of nitrogens with zero attached hydrogens (tertiary/aromatic N) is 2. The van der Waals surface area contributed by atoms with E-state index in [1.807, 2.05) is 93.3 Å². The number of carbonyl (C=O) groups excluding carboxylic acids is 3. The summed E-state index contributed by atoms with van der Waals surface area (Å²) in [7, 11) is 0. The van der Waals surface area contributed by atoms with Gasteiger partial charge in [0.1, 0.15) is 5.60 Å². The van der Waals surface area contributed by atoms with Crippen molar-refractivity contribution in [1.29, 1.82) is 0 Å². The van der Waals surface area contributed by atoms with Crippen LogP contribution in [0.5, 0.6) is 0 Å². The van der Waals surface area contributed by atoms with Gasteiger partial charge in [0.15, 0.2) is 0 Å². The van der Waals surface area contributed by atoms with Crippen LogP contribution in [0.2, 0.25) is 5.02 Å². The lowest BCUT2D eigenvalue weighted by atomic mass is 9.89. The third kappa shape index (κ3) is 7.54. The highest BCUT2D eigenvalue weighted by molar-refractivity contribution is 6.30. The maximum absolute atomic E-state index is 13.8. The molecule has 41 heavy (non-hydrogen) atoms. The summed E-state index contributed by atoms with van der Waals surface area (Å²) in [6, 6.07) is 22.2. The fourth-order valence-electron chi connectivity index (χ4n) is 5.24. The highest BCUT2D eigenvalue weighted by Gasteiger charge is 2.38. The van der Waals surface area contributed by atoms with Crippen LogP contribution in [0, 0.1) is 0 Å². The molecule has 1 N–H and O–H groups in total. The quantitative estimate of drug-likeness (QED) is 0.239. The predicted octanol–water partition coefficient (Wildman–Crippen LogP) is 6.69. The first-order valence-electron chi connectivity index (χ1n) is 13.9. The summed E-state index contributed by atoms with van der Waals surface area (Å²) in [5, 5.41) is 3.86. The monoisotopic (exact) mass is 575 g/mol. The summed E-state index contributed by atoms with van der Waals surface area (Å²) >= 11 is 6.10. The lowest BCUT2D eigenvalue weighted by Crippen LogP contribution is -2.47. The van der Waals surface area contributed by atoms with Gasteiger partial charge in [-0.15, -0.1) is 0 Å². The molecule has 0 radical (unpaired) electrons. The van der Waals surface area contributed by atoms with E-state index in [1.54, 1.807) is 24.0 Å². The maximum Gasteiger partial charge on any atom is 0.307 e. The van der Waals surface area contributed by atoms with Crippen molar-refractivity contribution in [3.8, 4) is 0 Å². The van der Waals surface area contributed by atoms with Crippen LogP contribution in [0.15, 0.2) is 72.8 Å². The molecule has 1 aliphatic heterocycles. The van der Waals surface area contributed by atoms with Crippen LogP contribution in [-0.2, 0) is 20.9 Å². The molecule has 0 saturated carbocycles. The van der Waals surface area contributed by atoms with Gasteiger partial charge in [-0.1, -0.05) is 41.9 Å². The average molecular weight is 576 g/mol. The minimum Gasteiger partial charge on any atom is -0.460 e. The van der Waals surface area contributed by atoms with Gasteiger partial charge in [-0.2, -0.15) is 0 Å². The number of nitrogens with one attached hydrogen (secondary N) is 1. The number of fused-ring (bicyclic) bond motifs is 1. The molecule has 216 valence electrons. The molecular formula is C33H38ClN3O4. The van der Waals surface area contributed by atoms with Crippen LogP contribution >= 0.6 is 11.6 Å². The number of esters is 1. The Hall–Kier alpha value is -3.68. The van der Waals surface area contributed by atoms with Gasteiger partial charge in [0.25, 0.3) is 5.91 Å². The summed E-state index contributed by atoms with van der Waals surface area (Å²) < 4.78 is 5.34. The zero-order valence-corrected chi connectivity index (χ0v) is 25.1. The number of amides is 2. The molecule has 2 atom stereocenters. The molecule has 0 spiro atoms. The number of anilines is 2. The van der Waals surface area contributed by atoms with Gasteiger partial charge in [0.05, 0.1) is 12.5 Å². The van der Waals surface area contributed by atoms with Gasteiger partial charge >= 0.3 is 5.97 Å². The molecule has 0 aromatic heterocycles. The molecule has 1 aliphatic rings. The second-order valence-electron chi connectivity index (χ2n) is 11.4. The molecule has 0 saturated heterocycles. The number of halogens is 1. The van der Waals surface area contributed by atoms with E-state index in [2.05, 4.69) is 5.32 Å². The fraction of sp³-hybridized carbons (Fsp3) is 0.364. The van der Waals surface area contributed by atoms with Crippen molar-refractivity contribution in [2.75, 3.05) is 16.3 Å². The van der Waals surface area contributed by atoms with Gasteiger partial charge in [-0.05, 0) is 87.7 Å². The van der Waals surface area contributed by atoms with Crippen LogP contribution in [0.25, 0.3) is 0 Å². The lowest BCUT2D eigenvalue weighted by molar-refractivity contribution is -0.154. The Morgan fingerprint density at radius 1 is 1.00 bits per heavy atom. The molecule has 0 unspecified atom stereocenters. The highest BCUT2D eigenvalue weighted by atomic mass is 35.5. The van der Waals surface area contributed by atoms with Crippen LogP contribution in [0.3, 0.4) is 0 Å². The second-order valence-corrected chi connectivity index (χ2v) is 11.8. The van der Waals surface area contributed by atoms with Crippen LogP contribution in [0.4, 0.5) is 11.4 Å². The van der Waals surface area contributed by atoms with E-state index >= 15 is 0 Å². The van der Waals surface area contributed by atoms with Gasteiger partial charge in [0.2, 0.25) is 5.91 Å². The molecule has 0 bridgehead atoms. The topological polar surface area (TPSA) is 79.0 Å². The maximum atomic E-state index is 13.8. The summed E-state index contributed by atoms with van der Waals surface area (Å²) in [5.41, 5.74) is 3.60. The van der Waals surface area contributed by atoms with Crippen molar-refractivity contribution in [1.82, 2.24) is 5.32 Å². The van der Waals surface area contributed by atoms with Crippen LogP contribution in [-0.4, -0.2) is 36.0 Å². The average Bonchev–Trinajstić information content (AvgIpc) is 2.91. The van der Waals surface area contributed by atoms with Crippen LogP contribution < -0.4 is 15.1 Å². The van der Waals surface area contributed by atoms with Crippen molar-refractivity contribution in [2.45, 2.75) is 71.7 Å². The molecule has 2 amide bonds. The Kier molecular flexibility index (Phi) is 9.51. The zero-order chi connectivity index (χ0) is 29.7. The van der Waals surface area contributed by atoms with E-state index < -0.39 is 5.60 Å². The predicted molar refractivity (Wildman–Crippen MR) is 163 cm³/mol. The first-order valence-corrected chi connectivity index (χ1v) is 14.3. The summed E-state index contributed by atoms with van der Waals surface area (Å²) in [6.45, 7) is 10.2. The molecular weight excluding hydrogens is 538 g/mol. The van der Waals surface area contributed by atoms with E-state index in [1.165, 1.54) is 0 Å². The van der Waals surface area contributed by atoms with Crippen molar-refractivity contribution < 1.29 is 19.1 Å². The Morgan fingerprint density at radius 3 is 2.29 bits per heavy atom. The number of benzene rings is 3. The van der Waals surface area contributed by atoms with Gasteiger partial charge in [-0.25, -0.2) is 0 Å². The molecule has 0 fully saturated rings. The standard InChI is InChI=1S/C33H38ClN3O4/c1-22-20-30(37(23(2)38)27-16-14-26(34)15-17-27)28-8-6-7-9-29(28)36(22)32(40)25-12-10-24(11-13-25)21-35-19-18-31(39)41-33(3,4)5/h6-17,22,30,35H,18-21H2,1-5H3/t22-,30+/m0/s1. The third-order valence-corrected chi connectivity index (χ3v) is 7.24. The second kappa shape index (κ2) is 12.9.